The number of esters is 1. The molecule has 0 N–H and O–H groups in total. The summed E-state index contributed by atoms with van der Waals surface area (Å²) in [6.07, 6.45) is 9.76. The van der Waals surface area contributed by atoms with Crippen LogP contribution in [-0.4, -0.2) is 49.7 Å². The molecule has 2 fully saturated rings. The van der Waals surface area contributed by atoms with Gasteiger partial charge in [0.25, 0.3) is 5.91 Å². The minimum Gasteiger partial charge on any atom is -0.493 e. The highest BCUT2D eigenvalue weighted by Crippen LogP contribution is 2.35. The summed E-state index contributed by atoms with van der Waals surface area (Å²) in [5, 5.41) is 8.62. The summed E-state index contributed by atoms with van der Waals surface area (Å²) < 4.78 is 15.7. The van der Waals surface area contributed by atoms with Gasteiger partial charge in [0.1, 0.15) is 6.07 Å². The molecule has 0 radical (unpaired) electrons. The Labute approximate surface area is 177 Å². The van der Waals surface area contributed by atoms with Crippen LogP contribution in [0.25, 0.3) is 6.08 Å². The van der Waals surface area contributed by atoms with Crippen molar-refractivity contribution in [3.63, 3.8) is 0 Å². The number of hydrogen-bond donors (Lipinski definition) is 0. The largest absolute Gasteiger partial charge is 0.493 e. The summed E-state index contributed by atoms with van der Waals surface area (Å²) in [7, 11) is 1.50. The molecular formula is C23H28N2O5. The quantitative estimate of drug-likeness (QED) is 0.504. The van der Waals surface area contributed by atoms with Gasteiger partial charge >= 0.3 is 5.97 Å². The molecule has 1 aromatic carbocycles. The van der Waals surface area contributed by atoms with Gasteiger partial charge in [-0.3, -0.25) is 4.79 Å². The molecule has 1 aromatic rings. The van der Waals surface area contributed by atoms with Gasteiger partial charge in [-0.05, 0) is 55.4 Å². The fraction of sp³-hybridized carbons (Fsp3) is 0.522. The van der Waals surface area contributed by atoms with Crippen LogP contribution in [0.2, 0.25) is 0 Å². The molecule has 0 unspecified atom stereocenters. The standard InChI is InChI=1S/C23H28N2O5/c1-28-21-15-17(8-10-20(21)29-14-12-24)9-11-23(27)30-16-22(26)25-13-4-6-18-5-2-3-7-19(18)25/h8-11,15,18-19H,2-7,13-14,16H2,1H3/b11-9+/t18-,19-/m0/s1. The minimum atomic E-state index is -0.565. The SMILES string of the molecule is COc1cc(/C=C/C(=O)OCC(=O)N2CCC[C@@H]3CCCC[C@@H]32)ccc1OCC#N. The van der Waals surface area contributed by atoms with Crippen LogP contribution < -0.4 is 9.47 Å². The van der Waals surface area contributed by atoms with Crippen molar-refractivity contribution in [3.05, 3.63) is 29.8 Å². The normalized spacial score (nSPS) is 20.9. The topological polar surface area (TPSA) is 88.9 Å². The van der Waals surface area contributed by atoms with Crippen LogP contribution >= 0.6 is 0 Å². The van der Waals surface area contributed by atoms with E-state index in [0.29, 0.717) is 29.0 Å². The van der Waals surface area contributed by atoms with Gasteiger partial charge in [-0.25, -0.2) is 4.79 Å². The minimum absolute atomic E-state index is 0.0788. The lowest BCUT2D eigenvalue weighted by Gasteiger charge is -2.44. The molecular weight excluding hydrogens is 384 g/mol. The number of nitrogens with zero attached hydrogens (tertiary/aromatic N) is 2. The molecule has 7 heteroatoms. The third kappa shape index (κ3) is 5.53. The Bertz CT molecular complexity index is 827. The molecule has 2 atom stereocenters. The zero-order valence-electron chi connectivity index (χ0n) is 17.3. The number of ether oxygens (including phenoxy) is 3. The lowest BCUT2D eigenvalue weighted by atomic mass is 9.78. The molecule has 1 saturated carbocycles. The van der Waals surface area contributed by atoms with E-state index >= 15 is 0 Å². The average Bonchev–Trinajstić information content (AvgIpc) is 2.79. The first kappa shape index (κ1) is 21.7. The van der Waals surface area contributed by atoms with E-state index in [-0.39, 0.29) is 19.1 Å². The lowest BCUT2D eigenvalue weighted by molar-refractivity contribution is -0.151. The molecule has 30 heavy (non-hydrogen) atoms. The van der Waals surface area contributed by atoms with Gasteiger partial charge in [-0.2, -0.15) is 5.26 Å². The van der Waals surface area contributed by atoms with E-state index in [2.05, 4.69) is 0 Å². The summed E-state index contributed by atoms with van der Waals surface area (Å²) in [6, 6.07) is 7.31. The molecule has 160 valence electrons. The summed E-state index contributed by atoms with van der Waals surface area (Å²) in [5.74, 6) is 0.843. The molecule has 0 aromatic heterocycles. The maximum absolute atomic E-state index is 12.6. The molecule has 1 amide bonds. The van der Waals surface area contributed by atoms with Crippen molar-refractivity contribution in [3.8, 4) is 17.6 Å². The van der Waals surface area contributed by atoms with E-state index in [9.17, 15) is 9.59 Å². The van der Waals surface area contributed by atoms with Crippen molar-refractivity contribution < 1.29 is 23.8 Å². The second kappa shape index (κ2) is 10.7. The van der Waals surface area contributed by atoms with Crippen molar-refractivity contribution in [1.82, 2.24) is 4.90 Å². The number of hydrogen-bond acceptors (Lipinski definition) is 6. The third-order valence-electron chi connectivity index (χ3n) is 5.79. The molecule has 1 saturated heterocycles. The van der Waals surface area contributed by atoms with Crippen LogP contribution in [0.3, 0.4) is 0 Å². The van der Waals surface area contributed by atoms with Crippen molar-refractivity contribution in [2.75, 3.05) is 26.9 Å². The number of carbonyl (C=O) groups is 2. The number of fused-ring (bicyclic) bond motifs is 1. The predicted octanol–water partition coefficient (Wildman–Crippen LogP) is 3.34. The Morgan fingerprint density at radius 1 is 1.20 bits per heavy atom. The molecule has 1 heterocycles. The zero-order chi connectivity index (χ0) is 21.3. The fourth-order valence-corrected chi connectivity index (χ4v) is 4.38. The molecule has 0 spiro atoms. The van der Waals surface area contributed by atoms with Crippen molar-refractivity contribution in [2.45, 2.75) is 44.6 Å². The Hall–Kier alpha value is -3.01. The first-order valence-corrected chi connectivity index (χ1v) is 10.4. The number of rotatable bonds is 7. The number of nitriles is 1. The van der Waals surface area contributed by atoms with E-state index in [1.54, 1.807) is 24.3 Å². The number of amides is 1. The first-order valence-electron chi connectivity index (χ1n) is 10.4. The fourth-order valence-electron chi connectivity index (χ4n) is 4.38. The number of carbonyl (C=O) groups excluding carboxylic acids is 2. The molecule has 1 aliphatic heterocycles. The van der Waals surface area contributed by atoms with Gasteiger partial charge in [0.05, 0.1) is 7.11 Å². The van der Waals surface area contributed by atoms with Crippen LogP contribution in [0.15, 0.2) is 24.3 Å². The van der Waals surface area contributed by atoms with Gasteiger partial charge in [-0.15, -0.1) is 0 Å². The van der Waals surface area contributed by atoms with E-state index < -0.39 is 5.97 Å². The van der Waals surface area contributed by atoms with Crippen LogP contribution in [0.1, 0.15) is 44.1 Å². The summed E-state index contributed by atoms with van der Waals surface area (Å²) in [4.78, 5) is 26.6. The monoisotopic (exact) mass is 412 g/mol. The molecule has 1 aliphatic carbocycles. The zero-order valence-corrected chi connectivity index (χ0v) is 17.3. The van der Waals surface area contributed by atoms with Gasteiger partial charge in [0, 0.05) is 18.7 Å². The van der Waals surface area contributed by atoms with Crippen LogP contribution in [0.4, 0.5) is 0 Å². The number of piperidine rings is 1. The van der Waals surface area contributed by atoms with Gasteiger partial charge < -0.3 is 19.1 Å². The van der Waals surface area contributed by atoms with Crippen molar-refractivity contribution in [2.24, 2.45) is 5.92 Å². The van der Waals surface area contributed by atoms with Crippen molar-refractivity contribution in [1.29, 1.82) is 5.26 Å². The second-order valence-corrected chi connectivity index (χ2v) is 7.64. The maximum atomic E-state index is 12.6. The molecule has 0 bridgehead atoms. The Morgan fingerprint density at radius 3 is 2.80 bits per heavy atom. The van der Waals surface area contributed by atoms with E-state index in [1.165, 1.54) is 32.4 Å². The number of methoxy groups -OCH3 is 1. The Balaban J connectivity index is 1.52. The van der Waals surface area contributed by atoms with E-state index in [4.69, 9.17) is 19.5 Å². The highest BCUT2D eigenvalue weighted by Gasteiger charge is 2.35. The van der Waals surface area contributed by atoms with Crippen molar-refractivity contribution >= 4 is 18.0 Å². The maximum Gasteiger partial charge on any atom is 0.331 e. The second-order valence-electron chi connectivity index (χ2n) is 7.64. The molecule has 3 rings (SSSR count). The lowest BCUT2D eigenvalue weighted by Crippen LogP contribution is -2.50. The number of likely N-dealkylation sites (tertiary alicyclic amines) is 1. The molecule has 2 aliphatic rings. The average molecular weight is 412 g/mol. The highest BCUT2D eigenvalue weighted by atomic mass is 16.5. The summed E-state index contributed by atoms with van der Waals surface area (Å²) >= 11 is 0. The van der Waals surface area contributed by atoms with Crippen LogP contribution in [-0.2, 0) is 14.3 Å². The van der Waals surface area contributed by atoms with Crippen LogP contribution in [0, 0.1) is 17.2 Å². The number of benzene rings is 1. The van der Waals surface area contributed by atoms with Gasteiger partial charge in [0.15, 0.2) is 24.7 Å². The van der Waals surface area contributed by atoms with E-state index in [1.807, 2.05) is 11.0 Å². The van der Waals surface area contributed by atoms with Gasteiger partial charge in [0.2, 0.25) is 0 Å². The first-order chi connectivity index (χ1) is 14.6. The predicted molar refractivity (Wildman–Crippen MR) is 111 cm³/mol. The smallest absolute Gasteiger partial charge is 0.331 e. The Morgan fingerprint density at radius 2 is 2.00 bits per heavy atom. The van der Waals surface area contributed by atoms with Gasteiger partial charge in [-0.1, -0.05) is 18.9 Å². The van der Waals surface area contributed by atoms with E-state index in [0.717, 1.165) is 25.8 Å². The third-order valence-corrected chi connectivity index (χ3v) is 5.79. The molecule has 7 nitrogen and oxygen atoms in total. The highest BCUT2D eigenvalue weighted by molar-refractivity contribution is 5.89. The Kier molecular flexibility index (Phi) is 7.72. The van der Waals surface area contributed by atoms with Crippen LogP contribution in [0.5, 0.6) is 11.5 Å². The summed E-state index contributed by atoms with van der Waals surface area (Å²) in [6.45, 7) is 0.453. The summed E-state index contributed by atoms with van der Waals surface area (Å²) in [5.41, 5.74) is 0.709.